The van der Waals surface area contributed by atoms with Crippen molar-refractivity contribution in [3.8, 4) is 0 Å². The second-order valence-corrected chi connectivity index (χ2v) is 4.67. The molecule has 0 bridgehead atoms. The maximum absolute atomic E-state index is 4.41. The molecule has 4 nitrogen and oxygen atoms in total. The molecule has 1 rings (SSSR count). The fourth-order valence-corrected chi connectivity index (χ4v) is 1.43. The number of anilines is 2. The Morgan fingerprint density at radius 2 is 2.06 bits per heavy atom. The van der Waals surface area contributed by atoms with Crippen LogP contribution in [0.2, 0.25) is 0 Å². The molecule has 0 radical (unpaired) electrons. The smallest absolute Gasteiger partial charge is 0.224 e. The van der Waals surface area contributed by atoms with Crippen LogP contribution in [0.4, 0.5) is 11.8 Å². The highest BCUT2D eigenvalue weighted by molar-refractivity contribution is 5.39. The molecule has 0 aliphatic rings. The molecule has 0 fully saturated rings. The number of unbranched alkanes of at least 4 members (excludes halogenated alkanes) is 2. The van der Waals surface area contributed by atoms with Crippen LogP contribution >= 0.6 is 0 Å². The van der Waals surface area contributed by atoms with Gasteiger partial charge in [-0.3, -0.25) is 0 Å². The van der Waals surface area contributed by atoms with Crippen LogP contribution in [-0.2, 0) is 0 Å². The molecule has 0 atom stereocenters. The lowest BCUT2D eigenvalue weighted by molar-refractivity contribution is 0.684. The minimum atomic E-state index is 0.597. The first kappa shape index (κ1) is 13.7. The SMILES string of the molecule is CCCCCNc1ccnc(NCC(C)C)n1. The van der Waals surface area contributed by atoms with Crippen molar-refractivity contribution < 1.29 is 0 Å². The van der Waals surface area contributed by atoms with Gasteiger partial charge in [0.1, 0.15) is 5.82 Å². The summed E-state index contributed by atoms with van der Waals surface area (Å²) in [5, 5.41) is 6.54. The Morgan fingerprint density at radius 3 is 2.76 bits per heavy atom. The third-order valence-corrected chi connectivity index (χ3v) is 2.41. The predicted octanol–water partition coefficient (Wildman–Crippen LogP) is 3.15. The topological polar surface area (TPSA) is 49.8 Å². The second kappa shape index (κ2) is 7.87. The molecule has 4 heteroatoms. The van der Waals surface area contributed by atoms with Crippen molar-refractivity contribution in [2.45, 2.75) is 40.0 Å². The minimum Gasteiger partial charge on any atom is -0.370 e. The number of rotatable bonds is 8. The monoisotopic (exact) mass is 236 g/mol. The first-order valence-corrected chi connectivity index (χ1v) is 6.53. The van der Waals surface area contributed by atoms with E-state index < -0.39 is 0 Å². The second-order valence-electron chi connectivity index (χ2n) is 4.67. The first-order chi connectivity index (χ1) is 8.22. The van der Waals surface area contributed by atoms with Gasteiger partial charge in [-0.15, -0.1) is 0 Å². The van der Waals surface area contributed by atoms with Crippen LogP contribution in [-0.4, -0.2) is 23.1 Å². The van der Waals surface area contributed by atoms with E-state index in [2.05, 4.69) is 41.4 Å². The average molecular weight is 236 g/mol. The van der Waals surface area contributed by atoms with Gasteiger partial charge in [-0.1, -0.05) is 33.6 Å². The average Bonchev–Trinajstić information content (AvgIpc) is 2.33. The van der Waals surface area contributed by atoms with Gasteiger partial charge in [0.05, 0.1) is 0 Å². The van der Waals surface area contributed by atoms with Crippen LogP contribution in [0, 0.1) is 5.92 Å². The maximum Gasteiger partial charge on any atom is 0.224 e. The van der Waals surface area contributed by atoms with Crippen molar-refractivity contribution in [1.29, 1.82) is 0 Å². The quantitative estimate of drug-likeness (QED) is 0.681. The summed E-state index contributed by atoms with van der Waals surface area (Å²) in [6, 6.07) is 1.91. The third kappa shape index (κ3) is 6.09. The minimum absolute atomic E-state index is 0.597. The number of aromatic nitrogens is 2. The van der Waals surface area contributed by atoms with E-state index in [1.54, 1.807) is 6.20 Å². The van der Waals surface area contributed by atoms with E-state index in [0.717, 1.165) is 18.9 Å². The van der Waals surface area contributed by atoms with Gasteiger partial charge in [-0.25, -0.2) is 4.98 Å². The predicted molar refractivity (Wildman–Crippen MR) is 73.4 cm³/mol. The molecule has 0 unspecified atom stereocenters. The van der Waals surface area contributed by atoms with E-state index in [1.165, 1.54) is 19.3 Å². The Balaban J connectivity index is 2.37. The number of hydrogen-bond donors (Lipinski definition) is 2. The zero-order chi connectivity index (χ0) is 12.5. The van der Waals surface area contributed by atoms with E-state index >= 15 is 0 Å². The summed E-state index contributed by atoms with van der Waals surface area (Å²) in [6.45, 7) is 8.42. The fourth-order valence-electron chi connectivity index (χ4n) is 1.43. The van der Waals surface area contributed by atoms with E-state index in [-0.39, 0.29) is 0 Å². The molecule has 96 valence electrons. The van der Waals surface area contributed by atoms with E-state index in [1.807, 2.05) is 6.07 Å². The van der Waals surface area contributed by atoms with Crippen molar-refractivity contribution in [2.24, 2.45) is 5.92 Å². The van der Waals surface area contributed by atoms with Crippen molar-refractivity contribution in [3.05, 3.63) is 12.3 Å². The van der Waals surface area contributed by atoms with Gasteiger partial charge in [-0.05, 0) is 18.4 Å². The molecular weight excluding hydrogens is 212 g/mol. The molecule has 2 N–H and O–H groups in total. The fraction of sp³-hybridized carbons (Fsp3) is 0.692. The zero-order valence-electron chi connectivity index (χ0n) is 11.2. The Hall–Kier alpha value is -1.32. The number of nitrogens with one attached hydrogen (secondary N) is 2. The summed E-state index contributed by atoms with van der Waals surface area (Å²) in [6.07, 6.45) is 5.48. The number of hydrogen-bond acceptors (Lipinski definition) is 4. The summed E-state index contributed by atoms with van der Waals surface area (Å²) in [4.78, 5) is 8.60. The van der Waals surface area contributed by atoms with Gasteiger partial charge in [0.2, 0.25) is 5.95 Å². The Kier molecular flexibility index (Phi) is 6.37. The summed E-state index contributed by atoms with van der Waals surface area (Å²) in [5.74, 6) is 2.21. The Labute approximate surface area is 104 Å². The highest BCUT2D eigenvalue weighted by Crippen LogP contribution is 2.07. The molecule has 17 heavy (non-hydrogen) atoms. The summed E-state index contributed by atoms with van der Waals surface area (Å²) in [5.41, 5.74) is 0. The molecule has 1 heterocycles. The molecule has 0 amide bonds. The van der Waals surface area contributed by atoms with E-state index in [0.29, 0.717) is 11.9 Å². The van der Waals surface area contributed by atoms with Crippen LogP contribution in [0.5, 0.6) is 0 Å². The van der Waals surface area contributed by atoms with Crippen molar-refractivity contribution in [3.63, 3.8) is 0 Å². The first-order valence-electron chi connectivity index (χ1n) is 6.53. The van der Waals surface area contributed by atoms with Crippen LogP contribution in [0.1, 0.15) is 40.0 Å². The molecule has 0 aliphatic carbocycles. The van der Waals surface area contributed by atoms with Crippen molar-refractivity contribution in [1.82, 2.24) is 9.97 Å². The van der Waals surface area contributed by atoms with Gasteiger partial charge in [0.15, 0.2) is 0 Å². The lowest BCUT2D eigenvalue weighted by atomic mass is 10.2. The highest BCUT2D eigenvalue weighted by atomic mass is 15.1. The maximum atomic E-state index is 4.41. The molecule has 1 aromatic heterocycles. The van der Waals surface area contributed by atoms with Crippen molar-refractivity contribution in [2.75, 3.05) is 23.7 Å². The van der Waals surface area contributed by atoms with E-state index in [4.69, 9.17) is 0 Å². The Morgan fingerprint density at radius 1 is 1.24 bits per heavy atom. The third-order valence-electron chi connectivity index (χ3n) is 2.41. The Bertz CT molecular complexity index is 312. The van der Waals surface area contributed by atoms with Gasteiger partial charge in [0.25, 0.3) is 0 Å². The molecular formula is C13H24N4. The lowest BCUT2D eigenvalue weighted by Gasteiger charge is -2.09. The van der Waals surface area contributed by atoms with Crippen LogP contribution in [0.15, 0.2) is 12.3 Å². The van der Waals surface area contributed by atoms with Crippen LogP contribution in [0.25, 0.3) is 0 Å². The summed E-state index contributed by atoms with van der Waals surface area (Å²) < 4.78 is 0. The van der Waals surface area contributed by atoms with Crippen molar-refractivity contribution >= 4 is 11.8 Å². The molecule has 0 aromatic carbocycles. The van der Waals surface area contributed by atoms with Gasteiger partial charge in [-0.2, -0.15) is 4.98 Å². The lowest BCUT2D eigenvalue weighted by Crippen LogP contribution is -2.11. The standard InChI is InChI=1S/C13H24N4/c1-4-5-6-8-14-12-7-9-15-13(17-12)16-10-11(2)3/h7,9,11H,4-6,8,10H2,1-3H3,(H2,14,15,16,17). The summed E-state index contributed by atoms with van der Waals surface area (Å²) >= 11 is 0. The largest absolute Gasteiger partial charge is 0.370 e. The highest BCUT2D eigenvalue weighted by Gasteiger charge is 1.99. The van der Waals surface area contributed by atoms with Gasteiger partial charge >= 0.3 is 0 Å². The van der Waals surface area contributed by atoms with Crippen LogP contribution < -0.4 is 10.6 Å². The summed E-state index contributed by atoms with van der Waals surface area (Å²) in [7, 11) is 0. The molecule has 0 saturated carbocycles. The van der Waals surface area contributed by atoms with Gasteiger partial charge in [0, 0.05) is 19.3 Å². The van der Waals surface area contributed by atoms with Crippen LogP contribution in [0.3, 0.4) is 0 Å². The number of nitrogens with zero attached hydrogens (tertiary/aromatic N) is 2. The molecule has 1 aromatic rings. The molecule has 0 spiro atoms. The van der Waals surface area contributed by atoms with Gasteiger partial charge < -0.3 is 10.6 Å². The molecule has 0 aliphatic heterocycles. The zero-order valence-corrected chi connectivity index (χ0v) is 11.2. The normalized spacial score (nSPS) is 10.6. The van der Waals surface area contributed by atoms with E-state index in [9.17, 15) is 0 Å². The molecule has 0 saturated heterocycles.